The number of ether oxygens (including phenoxy) is 2. The van der Waals surface area contributed by atoms with Crippen LogP contribution in [-0.4, -0.2) is 0 Å². The summed E-state index contributed by atoms with van der Waals surface area (Å²) >= 11 is 0. The largest absolute Gasteiger partial charge is 0.449 e. The first-order valence-corrected chi connectivity index (χ1v) is 21.9. The van der Waals surface area contributed by atoms with Gasteiger partial charge < -0.3 is 14.4 Å². The zero-order valence-corrected chi connectivity index (χ0v) is 34.8. The van der Waals surface area contributed by atoms with E-state index in [1.54, 1.807) is 0 Å². The number of nitrogens with zero attached hydrogens (tertiary/aromatic N) is 1. The summed E-state index contributed by atoms with van der Waals surface area (Å²) in [6, 6.07) is 84.8. The van der Waals surface area contributed by atoms with Gasteiger partial charge in [0.1, 0.15) is 0 Å². The lowest BCUT2D eigenvalue weighted by Gasteiger charge is -2.31. The molecule has 64 heavy (non-hydrogen) atoms. The molecule has 0 saturated heterocycles. The van der Waals surface area contributed by atoms with E-state index in [-0.39, 0.29) is 0 Å². The molecule has 10 aromatic carbocycles. The Morgan fingerprint density at radius 3 is 1.38 bits per heavy atom. The molecule has 2 aliphatic carbocycles. The highest BCUT2D eigenvalue weighted by Gasteiger charge is 2.52. The lowest BCUT2D eigenvalue weighted by molar-refractivity contribution is 0.359. The van der Waals surface area contributed by atoms with Gasteiger partial charge in [-0.1, -0.05) is 182 Å². The minimum Gasteiger partial charge on any atom is -0.449 e. The summed E-state index contributed by atoms with van der Waals surface area (Å²) in [6.45, 7) is 0. The Balaban J connectivity index is 0.967. The van der Waals surface area contributed by atoms with E-state index >= 15 is 0 Å². The second-order valence-electron chi connectivity index (χ2n) is 16.8. The van der Waals surface area contributed by atoms with Crippen molar-refractivity contribution in [3.05, 3.63) is 259 Å². The van der Waals surface area contributed by atoms with Crippen LogP contribution in [0.2, 0.25) is 0 Å². The first-order valence-electron chi connectivity index (χ1n) is 21.9. The maximum absolute atomic E-state index is 7.05. The SMILES string of the molecule is c1ccc(-c2cccc(N(c3ccc4c(c3)Oc3cc5c(cc3O4)-c3ccccc3C53c4ccccc4-c4ccccc43)c3ccc(-c4ccccc4)c(-c4ccccc4)c3)c2)cc1. The van der Waals surface area contributed by atoms with Crippen molar-refractivity contribution in [2.24, 2.45) is 0 Å². The van der Waals surface area contributed by atoms with E-state index in [0.717, 1.165) is 39.3 Å². The van der Waals surface area contributed by atoms with E-state index in [0.29, 0.717) is 23.0 Å². The molecule has 0 saturated carbocycles. The summed E-state index contributed by atoms with van der Waals surface area (Å²) in [5, 5.41) is 0. The molecule has 0 amide bonds. The fourth-order valence-electron chi connectivity index (χ4n) is 10.6. The predicted octanol–water partition coefficient (Wildman–Crippen LogP) is 16.4. The molecule has 0 N–H and O–H groups in total. The molecule has 0 radical (unpaired) electrons. The number of benzene rings is 10. The van der Waals surface area contributed by atoms with Crippen molar-refractivity contribution in [3.63, 3.8) is 0 Å². The van der Waals surface area contributed by atoms with Gasteiger partial charge in [-0.05, 0) is 126 Å². The molecular weight excluding hydrogens is 779 g/mol. The molecule has 1 heterocycles. The first-order chi connectivity index (χ1) is 31.7. The van der Waals surface area contributed by atoms with E-state index in [4.69, 9.17) is 9.47 Å². The Hall–Kier alpha value is -8.40. The van der Waals surface area contributed by atoms with Crippen LogP contribution in [-0.2, 0) is 5.41 Å². The van der Waals surface area contributed by atoms with Crippen molar-refractivity contribution in [3.8, 4) is 78.6 Å². The van der Waals surface area contributed by atoms with Crippen molar-refractivity contribution >= 4 is 17.1 Å². The van der Waals surface area contributed by atoms with Gasteiger partial charge in [0.15, 0.2) is 23.0 Å². The number of anilines is 3. The van der Waals surface area contributed by atoms with Crippen LogP contribution in [0.4, 0.5) is 17.1 Å². The van der Waals surface area contributed by atoms with Gasteiger partial charge >= 0.3 is 0 Å². The summed E-state index contributed by atoms with van der Waals surface area (Å²) in [4.78, 5) is 2.33. The monoisotopic (exact) mass is 817 g/mol. The smallest absolute Gasteiger partial charge is 0.172 e. The zero-order valence-electron chi connectivity index (χ0n) is 34.8. The number of hydrogen-bond acceptors (Lipinski definition) is 3. The van der Waals surface area contributed by atoms with Crippen molar-refractivity contribution in [2.45, 2.75) is 5.41 Å². The van der Waals surface area contributed by atoms with E-state index < -0.39 is 5.41 Å². The van der Waals surface area contributed by atoms with Crippen molar-refractivity contribution < 1.29 is 9.47 Å². The second-order valence-corrected chi connectivity index (χ2v) is 16.8. The first kappa shape index (κ1) is 36.3. The molecule has 0 aromatic heterocycles. The van der Waals surface area contributed by atoms with Gasteiger partial charge in [0.2, 0.25) is 0 Å². The molecule has 10 aromatic rings. The minimum absolute atomic E-state index is 0.484. The maximum atomic E-state index is 7.05. The Labute approximate surface area is 372 Å². The molecule has 3 heteroatoms. The lowest BCUT2D eigenvalue weighted by atomic mass is 9.70. The second kappa shape index (κ2) is 14.3. The van der Waals surface area contributed by atoms with Gasteiger partial charge in [-0.3, -0.25) is 0 Å². The molecule has 0 fully saturated rings. The molecule has 300 valence electrons. The van der Waals surface area contributed by atoms with Crippen LogP contribution >= 0.6 is 0 Å². The number of rotatable bonds is 6. The minimum atomic E-state index is -0.484. The summed E-state index contributed by atoms with van der Waals surface area (Å²) < 4.78 is 13.9. The van der Waals surface area contributed by atoms with Crippen LogP contribution in [0.15, 0.2) is 237 Å². The van der Waals surface area contributed by atoms with E-state index in [2.05, 4.69) is 235 Å². The molecule has 3 nitrogen and oxygen atoms in total. The Morgan fingerprint density at radius 1 is 0.250 bits per heavy atom. The van der Waals surface area contributed by atoms with Crippen molar-refractivity contribution in [2.75, 3.05) is 4.90 Å². The van der Waals surface area contributed by atoms with Gasteiger partial charge in [0.05, 0.1) is 11.1 Å². The van der Waals surface area contributed by atoms with Crippen LogP contribution in [0.3, 0.4) is 0 Å². The van der Waals surface area contributed by atoms with Crippen LogP contribution in [0, 0.1) is 0 Å². The quantitative estimate of drug-likeness (QED) is 0.167. The van der Waals surface area contributed by atoms with E-state index in [1.807, 2.05) is 6.07 Å². The van der Waals surface area contributed by atoms with E-state index in [1.165, 1.54) is 55.6 Å². The number of hydrogen-bond donors (Lipinski definition) is 0. The van der Waals surface area contributed by atoms with Crippen LogP contribution < -0.4 is 14.4 Å². The molecule has 13 rings (SSSR count). The van der Waals surface area contributed by atoms with Gasteiger partial charge in [-0.15, -0.1) is 0 Å². The molecular formula is C61H39NO2. The van der Waals surface area contributed by atoms with Gasteiger partial charge in [0, 0.05) is 17.4 Å². The number of fused-ring (bicyclic) bond motifs is 12. The summed E-state index contributed by atoms with van der Waals surface area (Å²) in [5.74, 6) is 2.75. The summed E-state index contributed by atoms with van der Waals surface area (Å²) in [5.41, 5.74) is 19.5. The van der Waals surface area contributed by atoms with Gasteiger partial charge in [-0.2, -0.15) is 0 Å². The average molecular weight is 818 g/mol. The third-order valence-electron chi connectivity index (χ3n) is 13.3. The Kier molecular flexibility index (Phi) is 8.13. The molecule has 3 aliphatic rings. The topological polar surface area (TPSA) is 21.7 Å². The highest BCUT2D eigenvalue weighted by molar-refractivity contribution is 5.96. The maximum Gasteiger partial charge on any atom is 0.172 e. The van der Waals surface area contributed by atoms with Crippen LogP contribution in [0.5, 0.6) is 23.0 Å². The summed E-state index contributed by atoms with van der Waals surface area (Å²) in [7, 11) is 0. The molecule has 0 unspecified atom stereocenters. The van der Waals surface area contributed by atoms with Crippen molar-refractivity contribution in [1.82, 2.24) is 0 Å². The predicted molar refractivity (Wildman–Crippen MR) is 260 cm³/mol. The lowest BCUT2D eigenvalue weighted by Crippen LogP contribution is -2.25. The summed E-state index contributed by atoms with van der Waals surface area (Å²) in [6.07, 6.45) is 0. The zero-order chi connectivity index (χ0) is 42.2. The third-order valence-corrected chi connectivity index (χ3v) is 13.3. The van der Waals surface area contributed by atoms with Gasteiger partial charge in [-0.25, -0.2) is 0 Å². The van der Waals surface area contributed by atoms with Crippen LogP contribution in [0.1, 0.15) is 22.3 Å². The molecule has 1 aliphatic heterocycles. The Bertz CT molecular complexity index is 3400. The molecule has 1 spiro atoms. The average Bonchev–Trinajstić information content (AvgIpc) is 3.83. The molecule has 0 bridgehead atoms. The highest BCUT2D eigenvalue weighted by Crippen LogP contribution is 2.64. The van der Waals surface area contributed by atoms with Crippen LogP contribution in [0.25, 0.3) is 55.6 Å². The Morgan fingerprint density at radius 2 is 0.719 bits per heavy atom. The van der Waals surface area contributed by atoms with Crippen molar-refractivity contribution in [1.29, 1.82) is 0 Å². The standard InChI is InChI=1S/C61H39NO2/c1-4-17-40(18-5-1)43-23-16-24-44(35-43)62(45-31-33-47(41-19-6-2-7-20-41)51(36-45)42-21-8-3-9-22-42)46-32-34-57-58(37-46)64-60-39-56-52(38-59(60)63-57)50-27-12-15-30-55(50)61(56)53-28-13-10-25-48(53)49-26-11-14-29-54(49)61/h1-39H. The fourth-order valence-corrected chi connectivity index (χ4v) is 10.6. The van der Waals surface area contributed by atoms with E-state index in [9.17, 15) is 0 Å². The normalized spacial score (nSPS) is 13.1. The third kappa shape index (κ3) is 5.47. The van der Waals surface area contributed by atoms with Gasteiger partial charge in [0.25, 0.3) is 0 Å². The highest BCUT2D eigenvalue weighted by atomic mass is 16.6. The fraction of sp³-hybridized carbons (Fsp3) is 0.0164. The molecule has 0 atom stereocenters.